The summed E-state index contributed by atoms with van der Waals surface area (Å²) >= 11 is 3.37. The quantitative estimate of drug-likeness (QED) is 0.562. The average Bonchev–Trinajstić information content (AvgIpc) is 2.51. The molecule has 0 amide bonds. The van der Waals surface area contributed by atoms with Crippen molar-refractivity contribution in [2.45, 2.75) is 6.04 Å². The largest absolute Gasteiger partial charge is 0.271 e. The Hall–Kier alpha value is -1.82. The number of aromatic nitrogens is 1. The van der Waals surface area contributed by atoms with E-state index < -0.39 is 6.04 Å². The molecule has 0 radical (unpaired) electrons. The summed E-state index contributed by atoms with van der Waals surface area (Å²) in [6.07, 6.45) is 3.50. The second-order valence-electron chi connectivity index (χ2n) is 4.71. The average molecular weight is 346 g/mol. The van der Waals surface area contributed by atoms with Crippen LogP contribution in [0.4, 0.5) is 4.39 Å². The lowest BCUT2D eigenvalue weighted by Gasteiger charge is -2.19. The number of nitrogens with one attached hydrogen (secondary N) is 1. The van der Waals surface area contributed by atoms with Crippen LogP contribution in [-0.2, 0) is 0 Å². The molecule has 0 aliphatic rings. The van der Waals surface area contributed by atoms with Gasteiger partial charge in [-0.15, -0.1) is 0 Å². The van der Waals surface area contributed by atoms with E-state index in [1.54, 1.807) is 24.5 Å². The molecule has 0 bridgehead atoms. The number of rotatable bonds is 3. The van der Waals surface area contributed by atoms with Crippen molar-refractivity contribution < 1.29 is 4.39 Å². The number of benzene rings is 2. The predicted octanol–water partition coefficient (Wildman–Crippen LogP) is 3.69. The molecule has 3 nitrogen and oxygen atoms in total. The number of hydrogen-bond acceptors (Lipinski definition) is 3. The molecule has 3 rings (SSSR count). The van der Waals surface area contributed by atoms with Crippen LogP contribution in [0, 0.1) is 5.82 Å². The van der Waals surface area contributed by atoms with Crippen LogP contribution in [-0.4, -0.2) is 4.98 Å². The Morgan fingerprint density at radius 3 is 2.81 bits per heavy atom. The molecule has 0 fully saturated rings. The summed E-state index contributed by atoms with van der Waals surface area (Å²) in [6, 6.07) is 12.1. The molecule has 0 saturated carbocycles. The van der Waals surface area contributed by atoms with Gasteiger partial charge in [-0.1, -0.05) is 34.1 Å². The monoisotopic (exact) mass is 345 g/mol. The number of hydrogen-bond donors (Lipinski definition) is 2. The smallest absolute Gasteiger partial charge is 0.128 e. The van der Waals surface area contributed by atoms with Crippen LogP contribution >= 0.6 is 15.9 Å². The number of fused-ring (bicyclic) bond motifs is 1. The maximum Gasteiger partial charge on any atom is 0.128 e. The molecule has 1 heterocycles. The van der Waals surface area contributed by atoms with Gasteiger partial charge in [-0.3, -0.25) is 10.8 Å². The van der Waals surface area contributed by atoms with E-state index in [0.29, 0.717) is 5.56 Å². The van der Waals surface area contributed by atoms with Gasteiger partial charge in [-0.2, -0.15) is 0 Å². The van der Waals surface area contributed by atoms with E-state index in [1.165, 1.54) is 6.07 Å². The summed E-state index contributed by atoms with van der Waals surface area (Å²) in [5.41, 5.74) is 4.08. The van der Waals surface area contributed by atoms with E-state index >= 15 is 0 Å². The highest BCUT2D eigenvalue weighted by molar-refractivity contribution is 9.10. The SMILES string of the molecule is NNC(c1cc(Br)ccc1F)c1cccc2ccncc12. The molecule has 106 valence electrons. The molecule has 0 aliphatic heterocycles. The first kappa shape index (κ1) is 14.1. The Labute approximate surface area is 130 Å². The van der Waals surface area contributed by atoms with Crippen LogP contribution in [0.1, 0.15) is 17.2 Å². The van der Waals surface area contributed by atoms with E-state index in [0.717, 1.165) is 20.8 Å². The molecule has 1 aromatic heterocycles. The predicted molar refractivity (Wildman–Crippen MR) is 85.0 cm³/mol. The third kappa shape index (κ3) is 2.68. The summed E-state index contributed by atoms with van der Waals surface area (Å²) < 4.78 is 15.0. The van der Waals surface area contributed by atoms with Gasteiger partial charge in [0.15, 0.2) is 0 Å². The van der Waals surface area contributed by atoms with Crippen molar-refractivity contribution in [1.29, 1.82) is 0 Å². The summed E-state index contributed by atoms with van der Waals surface area (Å²) in [7, 11) is 0. The van der Waals surface area contributed by atoms with Crippen molar-refractivity contribution in [1.82, 2.24) is 10.4 Å². The summed E-state index contributed by atoms with van der Waals surface area (Å²) in [4.78, 5) is 4.15. The Kier molecular flexibility index (Phi) is 3.96. The van der Waals surface area contributed by atoms with E-state index in [1.807, 2.05) is 24.3 Å². The van der Waals surface area contributed by atoms with Crippen molar-refractivity contribution in [2.75, 3.05) is 0 Å². The lowest BCUT2D eigenvalue weighted by molar-refractivity contribution is 0.561. The zero-order valence-electron chi connectivity index (χ0n) is 11.1. The molecular weight excluding hydrogens is 333 g/mol. The van der Waals surface area contributed by atoms with Crippen LogP contribution in [0.2, 0.25) is 0 Å². The third-order valence-electron chi connectivity index (χ3n) is 3.46. The standard InChI is InChI=1S/C16H13BrFN3/c17-11-4-5-15(18)13(8-11)16(21-19)12-3-1-2-10-6-7-20-9-14(10)12/h1-9,16,21H,19H2. The summed E-state index contributed by atoms with van der Waals surface area (Å²) in [5.74, 6) is 5.39. The number of nitrogens with zero attached hydrogens (tertiary/aromatic N) is 1. The summed E-state index contributed by atoms with van der Waals surface area (Å²) in [5, 5.41) is 1.99. The van der Waals surface area contributed by atoms with Crippen LogP contribution in [0.15, 0.2) is 59.3 Å². The second kappa shape index (κ2) is 5.89. The van der Waals surface area contributed by atoms with Gasteiger partial charge in [0, 0.05) is 27.8 Å². The van der Waals surface area contributed by atoms with Crippen LogP contribution in [0.3, 0.4) is 0 Å². The Bertz CT molecular complexity index is 786. The number of halogens is 2. The van der Waals surface area contributed by atoms with E-state index in [4.69, 9.17) is 5.84 Å². The van der Waals surface area contributed by atoms with E-state index in [-0.39, 0.29) is 5.82 Å². The molecule has 1 atom stereocenters. The van der Waals surface area contributed by atoms with Crippen molar-refractivity contribution in [3.8, 4) is 0 Å². The highest BCUT2D eigenvalue weighted by Gasteiger charge is 2.19. The van der Waals surface area contributed by atoms with Crippen molar-refractivity contribution in [3.63, 3.8) is 0 Å². The topological polar surface area (TPSA) is 50.9 Å². The van der Waals surface area contributed by atoms with Gasteiger partial charge < -0.3 is 0 Å². The van der Waals surface area contributed by atoms with Crippen LogP contribution in [0.25, 0.3) is 10.8 Å². The molecule has 0 aliphatic carbocycles. The van der Waals surface area contributed by atoms with Gasteiger partial charge in [0.2, 0.25) is 0 Å². The fraction of sp³-hybridized carbons (Fsp3) is 0.0625. The molecule has 2 aromatic carbocycles. The lowest BCUT2D eigenvalue weighted by Crippen LogP contribution is -2.29. The Morgan fingerprint density at radius 2 is 2.00 bits per heavy atom. The summed E-state index contributed by atoms with van der Waals surface area (Å²) in [6.45, 7) is 0. The highest BCUT2D eigenvalue weighted by atomic mass is 79.9. The van der Waals surface area contributed by atoms with Gasteiger partial charge in [0.05, 0.1) is 6.04 Å². The van der Waals surface area contributed by atoms with Crippen LogP contribution in [0.5, 0.6) is 0 Å². The van der Waals surface area contributed by atoms with Gasteiger partial charge in [-0.05, 0) is 35.2 Å². The number of hydrazine groups is 1. The van der Waals surface area contributed by atoms with Crippen LogP contribution < -0.4 is 11.3 Å². The molecule has 1 unspecified atom stereocenters. The molecule has 0 saturated heterocycles. The van der Waals surface area contributed by atoms with E-state index in [2.05, 4.69) is 26.3 Å². The molecule has 21 heavy (non-hydrogen) atoms. The maximum absolute atomic E-state index is 14.2. The molecule has 3 N–H and O–H groups in total. The number of nitrogens with two attached hydrogens (primary N) is 1. The fourth-order valence-corrected chi connectivity index (χ4v) is 2.85. The molecule has 5 heteroatoms. The van der Waals surface area contributed by atoms with Crippen molar-refractivity contribution in [2.24, 2.45) is 5.84 Å². The highest BCUT2D eigenvalue weighted by Crippen LogP contribution is 2.30. The molecule has 0 spiro atoms. The van der Waals surface area contributed by atoms with E-state index in [9.17, 15) is 4.39 Å². The zero-order chi connectivity index (χ0) is 14.8. The van der Waals surface area contributed by atoms with Gasteiger partial charge in [0.25, 0.3) is 0 Å². The minimum absolute atomic E-state index is 0.304. The zero-order valence-corrected chi connectivity index (χ0v) is 12.6. The minimum atomic E-state index is -0.449. The van der Waals surface area contributed by atoms with Gasteiger partial charge in [-0.25, -0.2) is 9.82 Å². The minimum Gasteiger partial charge on any atom is -0.271 e. The normalized spacial score (nSPS) is 12.5. The number of pyridine rings is 1. The first-order valence-corrected chi connectivity index (χ1v) is 7.23. The maximum atomic E-state index is 14.2. The Balaban J connectivity index is 2.21. The first-order valence-electron chi connectivity index (χ1n) is 6.44. The second-order valence-corrected chi connectivity index (χ2v) is 5.63. The van der Waals surface area contributed by atoms with Crippen molar-refractivity contribution >= 4 is 26.7 Å². The fourth-order valence-electron chi connectivity index (χ4n) is 2.47. The van der Waals surface area contributed by atoms with Gasteiger partial charge in [0.1, 0.15) is 5.82 Å². The Morgan fingerprint density at radius 1 is 1.14 bits per heavy atom. The molecule has 3 aromatic rings. The lowest BCUT2D eigenvalue weighted by atomic mass is 9.95. The molecular formula is C16H13BrFN3. The van der Waals surface area contributed by atoms with Gasteiger partial charge >= 0.3 is 0 Å². The first-order chi connectivity index (χ1) is 10.2. The third-order valence-corrected chi connectivity index (χ3v) is 3.96. The van der Waals surface area contributed by atoms with Crippen molar-refractivity contribution in [3.05, 3.63) is 76.3 Å².